The van der Waals surface area contributed by atoms with Crippen LogP contribution in [0.3, 0.4) is 0 Å². The van der Waals surface area contributed by atoms with Gasteiger partial charge in [0.05, 0.1) is 4.47 Å². The van der Waals surface area contributed by atoms with E-state index in [0.717, 1.165) is 33.8 Å². The normalized spacial score (nSPS) is 13.1. The molecule has 2 aromatic rings. The molecule has 0 spiro atoms. The SMILES string of the molecule is Cc1ccc(NCc2cc(Br)c3c(c2)OCCO3)cc1. The number of ether oxygens (including phenoxy) is 2. The average Bonchev–Trinajstić information content (AvgIpc) is 2.47. The van der Waals surface area contributed by atoms with E-state index in [1.165, 1.54) is 5.56 Å². The minimum absolute atomic E-state index is 0.604. The predicted octanol–water partition coefficient (Wildman–Crippen LogP) is 4.14. The summed E-state index contributed by atoms with van der Waals surface area (Å²) in [6.45, 7) is 4.04. The summed E-state index contributed by atoms with van der Waals surface area (Å²) < 4.78 is 12.2. The molecule has 3 rings (SSSR count). The third-order valence-electron chi connectivity index (χ3n) is 3.20. The van der Waals surface area contributed by atoms with Crippen molar-refractivity contribution in [1.29, 1.82) is 0 Å². The van der Waals surface area contributed by atoms with Gasteiger partial charge in [-0.1, -0.05) is 17.7 Å². The van der Waals surface area contributed by atoms with Crippen molar-refractivity contribution in [2.24, 2.45) is 0 Å². The van der Waals surface area contributed by atoms with Crippen LogP contribution in [0.15, 0.2) is 40.9 Å². The molecule has 1 heterocycles. The smallest absolute Gasteiger partial charge is 0.175 e. The van der Waals surface area contributed by atoms with Crippen molar-refractivity contribution in [1.82, 2.24) is 0 Å². The third kappa shape index (κ3) is 2.90. The molecule has 2 aromatic carbocycles. The lowest BCUT2D eigenvalue weighted by atomic mass is 10.1. The van der Waals surface area contributed by atoms with Crippen LogP contribution in [-0.4, -0.2) is 13.2 Å². The van der Waals surface area contributed by atoms with Crippen LogP contribution >= 0.6 is 15.9 Å². The lowest BCUT2D eigenvalue weighted by Gasteiger charge is -2.20. The Labute approximate surface area is 127 Å². The van der Waals surface area contributed by atoms with Crippen LogP contribution in [0, 0.1) is 6.92 Å². The zero-order valence-electron chi connectivity index (χ0n) is 11.3. The fraction of sp³-hybridized carbons (Fsp3) is 0.250. The highest BCUT2D eigenvalue weighted by molar-refractivity contribution is 9.10. The number of rotatable bonds is 3. The maximum Gasteiger partial charge on any atom is 0.175 e. The van der Waals surface area contributed by atoms with Crippen LogP contribution in [0.25, 0.3) is 0 Å². The molecule has 1 aliphatic rings. The van der Waals surface area contributed by atoms with E-state index >= 15 is 0 Å². The Morgan fingerprint density at radius 1 is 1.10 bits per heavy atom. The van der Waals surface area contributed by atoms with Crippen molar-refractivity contribution in [3.8, 4) is 11.5 Å². The summed E-state index contributed by atoms with van der Waals surface area (Å²) in [5.41, 5.74) is 3.53. The van der Waals surface area contributed by atoms with Gasteiger partial charge in [0.15, 0.2) is 11.5 Å². The first-order valence-corrected chi connectivity index (χ1v) is 7.40. The highest BCUT2D eigenvalue weighted by atomic mass is 79.9. The van der Waals surface area contributed by atoms with Crippen molar-refractivity contribution in [3.63, 3.8) is 0 Å². The van der Waals surface area contributed by atoms with Gasteiger partial charge in [0, 0.05) is 12.2 Å². The lowest BCUT2D eigenvalue weighted by Crippen LogP contribution is -2.16. The van der Waals surface area contributed by atoms with Gasteiger partial charge in [-0.15, -0.1) is 0 Å². The summed E-state index contributed by atoms with van der Waals surface area (Å²) in [6.07, 6.45) is 0. The van der Waals surface area contributed by atoms with Crippen molar-refractivity contribution in [3.05, 3.63) is 52.0 Å². The van der Waals surface area contributed by atoms with E-state index in [9.17, 15) is 0 Å². The minimum Gasteiger partial charge on any atom is -0.486 e. The van der Waals surface area contributed by atoms with Gasteiger partial charge in [0.2, 0.25) is 0 Å². The number of hydrogen-bond acceptors (Lipinski definition) is 3. The van der Waals surface area contributed by atoms with Gasteiger partial charge in [-0.3, -0.25) is 0 Å². The summed E-state index contributed by atoms with van der Waals surface area (Å²) in [6, 6.07) is 12.5. The summed E-state index contributed by atoms with van der Waals surface area (Å²) in [5, 5.41) is 3.40. The first-order valence-electron chi connectivity index (χ1n) is 6.61. The maximum atomic E-state index is 5.63. The molecule has 0 unspecified atom stereocenters. The second-order valence-electron chi connectivity index (χ2n) is 4.82. The molecule has 0 atom stereocenters. The first kappa shape index (κ1) is 13.3. The zero-order chi connectivity index (χ0) is 13.9. The van der Waals surface area contributed by atoms with E-state index in [1.807, 2.05) is 6.07 Å². The Bertz CT molecular complexity index is 611. The molecule has 0 radical (unpaired) electrons. The number of halogens is 1. The number of aryl methyl sites for hydroxylation is 1. The van der Waals surface area contributed by atoms with Crippen molar-refractivity contribution in [2.75, 3.05) is 18.5 Å². The van der Waals surface area contributed by atoms with Crippen LogP contribution in [0.1, 0.15) is 11.1 Å². The quantitative estimate of drug-likeness (QED) is 0.915. The highest BCUT2D eigenvalue weighted by Gasteiger charge is 2.16. The van der Waals surface area contributed by atoms with Crippen molar-refractivity contribution in [2.45, 2.75) is 13.5 Å². The Kier molecular flexibility index (Phi) is 3.83. The summed E-state index contributed by atoms with van der Waals surface area (Å²) in [4.78, 5) is 0. The van der Waals surface area contributed by atoms with E-state index in [2.05, 4.69) is 58.5 Å². The molecule has 20 heavy (non-hydrogen) atoms. The van der Waals surface area contributed by atoms with E-state index in [0.29, 0.717) is 13.2 Å². The van der Waals surface area contributed by atoms with Crippen LogP contribution in [-0.2, 0) is 6.54 Å². The van der Waals surface area contributed by atoms with E-state index in [-0.39, 0.29) is 0 Å². The van der Waals surface area contributed by atoms with Crippen LogP contribution in [0.2, 0.25) is 0 Å². The Morgan fingerprint density at radius 2 is 1.85 bits per heavy atom. The molecular weight excluding hydrogens is 318 g/mol. The first-order chi connectivity index (χ1) is 9.72. The number of anilines is 1. The van der Waals surface area contributed by atoms with E-state index in [1.54, 1.807) is 0 Å². The molecule has 0 saturated carbocycles. The lowest BCUT2D eigenvalue weighted by molar-refractivity contribution is 0.170. The fourth-order valence-electron chi connectivity index (χ4n) is 2.14. The monoisotopic (exact) mass is 333 g/mol. The molecule has 0 bridgehead atoms. The number of benzene rings is 2. The molecule has 4 heteroatoms. The molecule has 0 amide bonds. The van der Waals surface area contributed by atoms with Crippen molar-refractivity contribution < 1.29 is 9.47 Å². The van der Waals surface area contributed by atoms with Gasteiger partial charge in [0.1, 0.15) is 13.2 Å². The molecule has 0 aromatic heterocycles. The number of hydrogen-bond donors (Lipinski definition) is 1. The maximum absolute atomic E-state index is 5.63. The van der Waals surface area contributed by atoms with Crippen LogP contribution in [0.4, 0.5) is 5.69 Å². The van der Waals surface area contributed by atoms with Gasteiger partial charge in [-0.25, -0.2) is 0 Å². The molecule has 104 valence electrons. The van der Waals surface area contributed by atoms with Crippen molar-refractivity contribution >= 4 is 21.6 Å². The molecule has 1 N–H and O–H groups in total. The van der Waals surface area contributed by atoms with Gasteiger partial charge in [-0.2, -0.15) is 0 Å². The second-order valence-corrected chi connectivity index (χ2v) is 5.68. The van der Waals surface area contributed by atoms with Gasteiger partial charge in [-0.05, 0) is 52.7 Å². The number of fused-ring (bicyclic) bond motifs is 1. The van der Waals surface area contributed by atoms with E-state index < -0.39 is 0 Å². The zero-order valence-corrected chi connectivity index (χ0v) is 12.9. The van der Waals surface area contributed by atoms with Crippen LogP contribution in [0.5, 0.6) is 11.5 Å². The third-order valence-corrected chi connectivity index (χ3v) is 3.79. The molecular formula is C16H16BrNO2. The topological polar surface area (TPSA) is 30.5 Å². The Balaban J connectivity index is 1.74. The van der Waals surface area contributed by atoms with E-state index in [4.69, 9.17) is 9.47 Å². The predicted molar refractivity (Wildman–Crippen MR) is 83.6 cm³/mol. The fourth-order valence-corrected chi connectivity index (χ4v) is 2.75. The van der Waals surface area contributed by atoms with Gasteiger partial charge >= 0.3 is 0 Å². The van der Waals surface area contributed by atoms with Gasteiger partial charge in [0.25, 0.3) is 0 Å². The average molecular weight is 334 g/mol. The summed E-state index contributed by atoms with van der Waals surface area (Å²) in [7, 11) is 0. The Morgan fingerprint density at radius 3 is 2.65 bits per heavy atom. The molecule has 0 fully saturated rings. The molecule has 0 saturated heterocycles. The highest BCUT2D eigenvalue weighted by Crippen LogP contribution is 2.38. The standard InChI is InChI=1S/C16H16BrNO2/c1-11-2-4-13(5-3-11)18-10-12-8-14(17)16-15(9-12)19-6-7-20-16/h2-5,8-9,18H,6-7,10H2,1H3. The molecule has 3 nitrogen and oxygen atoms in total. The summed E-state index contributed by atoms with van der Waals surface area (Å²) in [5.74, 6) is 1.61. The largest absolute Gasteiger partial charge is 0.486 e. The number of nitrogens with one attached hydrogen (secondary N) is 1. The summed E-state index contributed by atoms with van der Waals surface area (Å²) >= 11 is 3.54. The van der Waals surface area contributed by atoms with Gasteiger partial charge < -0.3 is 14.8 Å². The minimum atomic E-state index is 0.604. The second kappa shape index (κ2) is 5.75. The van der Waals surface area contributed by atoms with Crippen LogP contribution < -0.4 is 14.8 Å². The molecule has 1 aliphatic heterocycles. The Hall–Kier alpha value is -1.68. The molecule has 0 aliphatic carbocycles.